The zero-order valence-electron chi connectivity index (χ0n) is 14.2. The molecule has 2 aromatic rings. The van der Waals surface area contributed by atoms with E-state index in [1.54, 1.807) is 50.5 Å². The predicted octanol–water partition coefficient (Wildman–Crippen LogP) is 3.75. The van der Waals surface area contributed by atoms with E-state index >= 15 is 0 Å². The topological polar surface area (TPSA) is 66.5 Å². The number of carbonyl (C=O) groups excluding carboxylic acids is 1. The third kappa shape index (κ3) is 4.16. The van der Waals surface area contributed by atoms with Crippen LogP contribution >= 0.6 is 11.8 Å². The zero-order chi connectivity index (χ0) is 18.0. The molecule has 0 radical (unpaired) electrons. The first-order valence-corrected chi connectivity index (χ1v) is 10.3. The smallest absolute Gasteiger partial charge is 0.285 e. The minimum Gasteiger partial charge on any atom is -0.339 e. The molecule has 0 aromatic heterocycles. The number of hydrogen-bond donors (Lipinski definition) is 1. The summed E-state index contributed by atoms with van der Waals surface area (Å²) in [5.74, 6) is 0. The molecule has 1 N–H and O–H groups in total. The van der Waals surface area contributed by atoms with E-state index < -0.39 is 10.0 Å². The first-order valence-electron chi connectivity index (χ1n) is 7.99. The van der Waals surface area contributed by atoms with Crippen molar-refractivity contribution < 1.29 is 13.2 Å². The number of thioether (sulfide) groups is 1. The molecule has 1 aliphatic rings. The van der Waals surface area contributed by atoms with E-state index in [9.17, 15) is 13.2 Å². The molecule has 25 heavy (non-hydrogen) atoms. The van der Waals surface area contributed by atoms with E-state index in [2.05, 4.69) is 4.72 Å². The number of carbonyl (C=O) groups is 1. The Labute approximate surface area is 152 Å². The molecule has 3 rings (SSSR count). The van der Waals surface area contributed by atoms with Gasteiger partial charge in [0.2, 0.25) is 0 Å². The van der Waals surface area contributed by atoms with Gasteiger partial charge in [0.05, 0.1) is 4.90 Å². The van der Waals surface area contributed by atoms with E-state index in [4.69, 9.17) is 0 Å². The van der Waals surface area contributed by atoms with Crippen LogP contribution in [0.3, 0.4) is 0 Å². The van der Waals surface area contributed by atoms with E-state index in [1.807, 2.05) is 6.07 Å². The normalized spacial score (nSPS) is 13.4. The molecule has 132 valence electrons. The molecule has 0 unspecified atom stereocenters. The van der Waals surface area contributed by atoms with Crippen LogP contribution in [0.2, 0.25) is 0 Å². The van der Waals surface area contributed by atoms with Gasteiger partial charge in [-0.2, -0.15) is 0 Å². The fraction of sp³-hybridized carbons (Fsp3) is 0.278. The SMILES string of the molecule is CN(C)C(=O)Sc1cccc(NS(=O)(=O)c2ccc3c(c2)CCC3)c1. The fourth-order valence-electron chi connectivity index (χ4n) is 2.74. The third-order valence-corrected chi connectivity index (χ3v) is 6.45. The summed E-state index contributed by atoms with van der Waals surface area (Å²) in [6.07, 6.45) is 3.02. The van der Waals surface area contributed by atoms with Crippen molar-refractivity contribution in [2.45, 2.75) is 29.1 Å². The highest BCUT2D eigenvalue weighted by Gasteiger charge is 2.19. The highest BCUT2D eigenvalue weighted by atomic mass is 32.2. The van der Waals surface area contributed by atoms with Gasteiger partial charge in [0.15, 0.2) is 0 Å². The number of benzene rings is 2. The molecule has 2 aromatic carbocycles. The number of nitrogens with zero attached hydrogens (tertiary/aromatic N) is 1. The van der Waals surface area contributed by atoms with Crippen molar-refractivity contribution in [3.05, 3.63) is 53.6 Å². The Balaban J connectivity index is 1.80. The number of sulfonamides is 1. The van der Waals surface area contributed by atoms with Gasteiger partial charge >= 0.3 is 0 Å². The molecule has 0 aliphatic heterocycles. The Bertz CT molecular complexity index is 908. The lowest BCUT2D eigenvalue weighted by atomic mass is 10.1. The van der Waals surface area contributed by atoms with Gasteiger partial charge < -0.3 is 4.90 Å². The Morgan fingerprint density at radius 2 is 1.84 bits per heavy atom. The van der Waals surface area contributed by atoms with Gasteiger partial charge in [-0.1, -0.05) is 12.1 Å². The standard InChI is InChI=1S/C18H20N2O3S2/c1-20(2)18(21)24-16-8-4-7-15(12-16)19-25(22,23)17-10-9-13-5-3-6-14(13)11-17/h4,7-12,19H,3,5-6H2,1-2H3. The second-order valence-corrected chi connectivity index (χ2v) is 8.89. The molecule has 7 heteroatoms. The van der Waals surface area contributed by atoms with Crippen molar-refractivity contribution in [2.24, 2.45) is 0 Å². The van der Waals surface area contributed by atoms with Crippen LogP contribution in [0.15, 0.2) is 52.3 Å². The van der Waals surface area contributed by atoms with E-state index in [-0.39, 0.29) is 10.1 Å². The first-order chi connectivity index (χ1) is 11.8. The van der Waals surface area contributed by atoms with Crippen LogP contribution < -0.4 is 4.72 Å². The van der Waals surface area contributed by atoms with E-state index in [1.165, 1.54) is 10.5 Å². The maximum atomic E-state index is 12.7. The van der Waals surface area contributed by atoms with Crippen molar-refractivity contribution in [1.29, 1.82) is 0 Å². The van der Waals surface area contributed by atoms with Gasteiger partial charge in [-0.3, -0.25) is 9.52 Å². The maximum Gasteiger partial charge on any atom is 0.285 e. The van der Waals surface area contributed by atoms with Crippen LogP contribution in [-0.2, 0) is 22.9 Å². The number of aryl methyl sites for hydroxylation is 2. The molecule has 1 aliphatic carbocycles. The highest BCUT2D eigenvalue weighted by molar-refractivity contribution is 8.13. The van der Waals surface area contributed by atoms with Crippen molar-refractivity contribution in [2.75, 3.05) is 18.8 Å². The van der Waals surface area contributed by atoms with Gasteiger partial charge in [-0.05, 0) is 72.5 Å². The molecule has 0 atom stereocenters. The van der Waals surface area contributed by atoms with Gasteiger partial charge in [0.1, 0.15) is 0 Å². The monoisotopic (exact) mass is 376 g/mol. The summed E-state index contributed by atoms with van der Waals surface area (Å²) in [5.41, 5.74) is 2.79. The highest BCUT2D eigenvalue weighted by Crippen LogP contribution is 2.27. The van der Waals surface area contributed by atoms with Crippen molar-refractivity contribution >= 4 is 32.7 Å². The number of anilines is 1. The summed E-state index contributed by atoms with van der Waals surface area (Å²) in [5, 5.41) is -0.112. The summed E-state index contributed by atoms with van der Waals surface area (Å²) in [4.78, 5) is 14.2. The Morgan fingerprint density at radius 1 is 1.08 bits per heavy atom. The molecule has 0 saturated carbocycles. The second kappa shape index (κ2) is 7.09. The number of fused-ring (bicyclic) bond motifs is 1. The molecule has 0 bridgehead atoms. The fourth-order valence-corrected chi connectivity index (χ4v) is 4.56. The van der Waals surface area contributed by atoms with Gasteiger partial charge in [0.25, 0.3) is 15.3 Å². The lowest BCUT2D eigenvalue weighted by Gasteiger charge is -2.12. The largest absolute Gasteiger partial charge is 0.339 e. The van der Waals surface area contributed by atoms with Crippen LogP contribution in [0.4, 0.5) is 10.5 Å². The van der Waals surface area contributed by atoms with Crippen molar-refractivity contribution in [1.82, 2.24) is 4.90 Å². The van der Waals surface area contributed by atoms with E-state index in [0.29, 0.717) is 10.6 Å². The van der Waals surface area contributed by atoms with Crippen LogP contribution in [0.25, 0.3) is 0 Å². The second-order valence-electron chi connectivity index (χ2n) is 6.18. The van der Waals surface area contributed by atoms with Crippen LogP contribution in [0, 0.1) is 0 Å². The number of rotatable bonds is 4. The molecular weight excluding hydrogens is 356 g/mol. The summed E-state index contributed by atoms with van der Waals surface area (Å²) >= 11 is 1.06. The molecule has 0 saturated heterocycles. The maximum absolute atomic E-state index is 12.7. The zero-order valence-corrected chi connectivity index (χ0v) is 15.8. The Hall–Kier alpha value is -1.99. The van der Waals surface area contributed by atoms with E-state index in [0.717, 1.165) is 36.6 Å². The van der Waals surface area contributed by atoms with Gasteiger partial charge in [-0.25, -0.2) is 8.42 Å². The Morgan fingerprint density at radius 3 is 2.60 bits per heavy atom. The van der Waals surface area contributed by atoms with Crippen LogP contribution in [0.5, 0.6) is 0 Å². The third-order valence-electron chi connectivity index (χ3n) is 4.04. The number of nitrogens with one attached hydrogen (secondary N) is 1. The molecule has 1 amide bonds. The average Bonchev–Trinajstić information content (AvgIpc) is 3.02. The summed E-state index contributed by atoms with van der Waals surface area (Å²) in [6, 6.07) is 12.2. The molecular formula is C18H20N2O3S2. The van der Waals surface area contributed by atoms with Crippen molar-refractivity contribution in [3.63, 3.8) is 0 Å². The van der Waals surface area contributed by atoms with Gasteiger partial charge in [0, 0.05) is 24.7 Å². The average molecular weight is 377 g/mol. The quantitative estimate of drug-likeness (QED) is 0.826. The molecule has 5 nitrogen and oxygen atoms in total. The predicted molar refractivity (Wildman–Crippen MR) is 101 cm³/mol. The van der Waals surface area contributed by atoms with Crippen LogP contribution in [0.1, 0.15) is 17.5 Å². The van der Waals surface area contributed by atoms with Crippen molar-refractivity contribution in [3.8, 4) is 0 Å². The number of hydrogen-bond acceptors (Lipinski definition) is 4. The van der Waals surface area contributed by atoms with Crippen LogP contribution in [-0.4, -0.2) is 32.7 Å². The van der Waals surface area contributed by atoms with Gasteiger partial charge in [-0.15, -0.1) is 0 Å². The summed E-state index contributed by atoms with van der Waals surface area (Å²) in [6.45, 7) is 0. The molecule has 0 heterocycles. The summed E-state index contributed by atoms with van der Waals surface area (Å²) in [7, 11) is -0.298. The molecule has 0 fully saturated rings. The minimum absolute atomic E-state index is 0.112. The first kappa shape index (κ1) is 17.8. The number of amides is 1. The molecule has 0 spiro atoms. The minimum atomic E-state index is -3.65. The lowest BCUT2D eigenvalue weighted by Crippen LogP contribution is -2.16. The lowest BCUT2D eigenvalue weighted by molar-refractivity contribution is 0.241. The summed E-state index contributed by atoms with van der Waals surface area (Å²) < 4.78 is 27.9. The Kier molecular flexibility index (Phi) is 5.06.